The number of benzene rings is 6. The van der Waals surface area contributed by atoms with Crippen LogP contribution in [0.1, 0.15) is 55.3 Å². The predicted molar refractivity (Wildman–Crippen MR) is 220 cm³/mol. The fourth-order valence-electron chi connectivity index (χ4n) is 10.1. The van der Waals surface area contributed by atoms with Gasteiger partial charge in [-0.1, -0.05) is 0 Å². The van der Waals surface area contributed by atoms with Crippen LogP contribution >= 0.6 is 24.8 Å². The van der Waals surface area contributed by atoms with Gasteiger partial charge in [0.05, 0.1) is 0 Å². The minimum absolute atomic E-state index is 0. The zero-order valence-corrected chi connectivity index (χ0v) is 35.5. The molecular formula is C46H44Cl2HfSi. The topological polar surface area (TPSA) is 0 Å². The molecule has 50 heavy (non-hydrogen) atoms. The van der Waals surface area contributed by atoms with Crippen molar-refractivity contribution in [3.8, 4) is 22.3 Å². The van der Waals surface area contributed by atoms with E-state index in [-0.39, 0.29) is 24.8 Å². The Labute approximate surface area is 311 Å². The van der Waals surface area contributed by atoms with Crippen LogP contribution in [0.5, 0.6) is 0 Å². The van der Waals surface area contributed by atoms with Crippen molar-refractivity contribution in [3.05, 3.63) is 155 Å². The van der Waals surface area contributed by atoms with Gasteiger partial charge in [0, 0.05) is 0 Å². The van der Waals surface area contributed by atoms with Gasteiger partial charge < -0.3 is 0 Å². The first-order valence-corrected chi connectivity index (χ1v) is 37.7. The van der Waals surface area contributed by atoms with Gasteiger partial charge in [-0.05, 0) is 0 Å². The van der Waals surface area contributed by atoms with Gasteiger partial charge in [-0.15, -0.1) is 24.8 Å². The summed E-state index contributed by atoms with van der Waals surface area (Å²) >= 11 is -3.88. The Morgan fingerprint density at radius 2 is 0.820 bits per heavy atom. The van der Waals surface area contributed by atoms with Crippen molar-refractivity contribution in [2.75, 3.05) is 0 Å². The SMILES string of the molecule is Cl.Cl.[CH3][Hf]([CH3])(=[SiH2])([CH]1C(C2CC2)=Cc2c(-c3cccc4ccccc34)cccc21)[CH]1C(C2CC2)=Cc2c(-c3cccc4ccccc34)cccc21. The van der Waals surface area contributed by atoms with Crippen molar-refractivity contribution in [2.45, 2.75) is 42.4 Å². The normalized spacial score (nSPS) is 19.7. The van der Waals surface area contributed by atoms with Crippen LogP contribution in [0, 0.1) is 11.8 Å². The molecule has 0 aliphatic heterocycles. The second kappa shape index (κ2) is 12.3. The van der Waals surface area contributed by atoms with E-state index in [1.165, 1.54) is 80.6 Å². The first kappa shape index (κ1) is 34.1. The van der Waals surface area contributed by atoms with Crippen LogP contribution in [0.15, 0.2) is 132 Å². The van der Waals surface area contributed by atoms with E-state index in [1.54, 1.807) is 22.3 Å². The van der Waals surface area contributed by atoms with Gasteiger partial charge in [0.1, 0.15) is 0 Å². The van der Waals surface area contributed by atoms with E-state index >= 15 is 0 Å². The average Bonchev–Trinajstić information content (AvgIpc) is 4.05. The van der Waals surface area contributed by atoms with E-state index in [0.29, 0.717) is 7.35 Å². The molecule has 0 N–H and O–H groups in total. The number of fused-ring (bicyclic) bond motifs is 4. The standard InChI is InChI=1S/2C22H17.2CH3.2ClH.Hf.H2Si/c2*1-2-8-19-16(5-1)6-3-9-20(19)21-10-4-7-17-13-18(14-22(17)21)15-11-12-15;;;;;;/h2*1-10,13-15H,11-12H2;2*1H3;2*1H;;1H2. The fourth-order valence-corrected chi connectivity index (χ4v) is 38.0. The van der Waals surface area contributed by atoms with E-state index in [4.69, 9.17) is 0 Å². The third-order valence-electron chi connectivity index (χ3n) is 12.3. The van der Waals surface area contributed by atoms with E-state index in [2.05, 4.69) is 150 Å². The van der Waals surface area contributed by atoms with Gasteiger partial charge in [0.15, 0.2) is 0 Å². The molecule has 0 nitrogen and oxygen atoms in total. The maximum atomic E-state index is 2.86. The first-order chi connectivity index (χ1) is 23.4. The Morgan fingerprint density at radius 1 is 0.460 bits per heavy atom. The molecule has 4 heteroatoms. The number of allylic oxidation sites excluding steroid dienone is 2. The molecule has 0 saturated heterocycles. The monoisotopic (exact) mass is 874 g/mol. The number of hydrogen-bond acceptors (Lipinski definition) is 0. The molecular weight excluding hydrogens is 830 g/mol. The molecule has 2 fully saturated rings. The number of halogens is 2. The molecule has 4 aliphatic carbocycles. The summed E-state index contributed by atoms with van der Waals surface area (Å²) < 4.78 is 6.88. The second-order valence-electron chi connectivity index (χ2n) is 16.3. The van der Waals surface area contributed by atoms with Crippen LogP contribution < -0.4 is 0 Å². The van der Waals surface area contributed by atoms with Crippen LogP contribution in [0.25, 0.3) is 56.0 Å². The third kappa shape index (κ3) is 5.23. The molecule has 0 spiro atoms. The zero-order chi connectivity index (χ0) is 32.2. The molecule has 2 saturated carbocycles. The third-order valence-corrected chi connectivity index (χ3v) is 37.3. The summed E-state index contributed by atoms with van der Waals surface area (Å²) in [5.74, 6) is 1.50. The van der Waals surface area contributed by atoms with Crippen molar-refractivity contribution in [1.82, 2.24) is 0 Å². The quantitative estimate of drug-likeness (QED) is 0.146. The minimum atomic E-state index is -3.88. The van der Waals surface area contributed by atoms with Gasteiger partial charge in [-0.25, -0.2) is 0 Å². The Bertz CT molecular complexity index is 2300. The predicted octanol–water partition coefficient (Wildman–Crippen LogP) is 12.9. The summed E-state index contributed by atoms with van der Waals surface area (Å²) in [7, 11) is 0. The van der Waals surface area contributed by atoms with Crippen LogP contribution in [0.2, 0.25) is 9.36 Å². The maximum absolute atomic E-state index is 3.88. The van der Waals surface area contributed by atoms with Crippen LogP contribution in [-0.4, -0.2) is 6.94 Å². The van der Waals surface area contributed by atoms with E-state index in [1.807, 2.05) is 0 Å². The van der Waals surface area contributed by atoms with Gasteiger partial charge in [-0.3, -0.25) is 0 Å². The summed E-state index contributed by atoms with van der Waals surface area (Å²) in [4.78, 5) is 0. The summed E-state index contributed by atoms with van der Waals surface area (Å²) in [6, 6.07) is 46.2. The van der Waals surface area contributed by atoms with Crippen molar-refractivity contribution < 1.29 is 17.1 Å². The van der Waals surface area contributed by atoms with Crippen LogP contribution in [0.4, 0.5) is 0 Å². The van der Waals surface area contributed by atoms with E-state index in [9.17, 15) is 0 Å². The van der Waals surface area contributed by atoms with Gasteiger partial charge >= 0.3 is 289 Å². The van der Waals surface area contributed by atoms with Crippen molar-refractivity contribution in [3.63, 3.8) is 0 Å². The van der Waals surface area contributed by atoms with Crippen molar-refractivity contribution >= 4 is 65.5 Å². The molecule has 0 radical (unpaired) electrons. The molecule has 250 valence electrons. The molecule has 2 unspecified atom stereocenters. The average molecular weight is 874 g/mol. The van der Waals surface area contributed by atoms with Crippen LogP contribution in [-0.2, 0) is 17.1 Å². The summed E-state index contributed by atoms with van der Waals surface area (Å²) in [5.41, 5.74) is 15.4. The Kier molecular flexibility index (Phi) is 8.39. The van der Waals surface area contributed by atoms with E-state index in [0.717, 1.165) is 11.8 Å². The van der Waals surface area contributed by atoms with E-state index < -0.39 is 17.1 Å². The molecule has 6 aromatic rings. The van der Waals surface area contributed by atoms with Crippen molar-refractivity contribution in [1.29, 1.82) is 0 Å². The molecule has 0 amide bonds. The molecule has 2 atom stereocenters. The van der Waals surface area contributed by atoms with Gasteiger partial charge in [-0.2, -0.15) is 0 Å². The molecule has 6 aromatic carbocycles. The Hall–Kier alpha value is -3.01. The molecule has 0 bridgehead atoms. The van der Waals surface area contributed by atoms with Gasteiger partial charge in [0.2, 0.25) is 0 Å². The summed E-state index contributed by atoms with van der Waals surface area (Å²) in [6.45, 7) is 2.54. The Morgan fingerprint density at radius 3 is 1.24 bits per heavy atom. The number of rotatable bonds is 6. The second-order valence-corrected chi connectivity index (χ2v) is 59.8. The molecule has 4 aliphatic rings. The van der Waals surface area contributed by atoms with Gasteiger partial charge in [0.25, 0.3) is 0 Å². The number of hydrogen-bond donors (Lipinski definition) is 0. The first-order valence-electron chi connectivity index (χ1n) is 18.1. The fraction of sp³-hybridized carbons (Fsp3) is 0.217. The molecule has 10 rings (SSSR count). The van der Waals surface area contributed by atoms with Crippen molar-refractivity contribution in [2.24, 2.45) is 11.8 Å². The summed E-state index contributed by atoms with van der Waals surface area (Å²) in [6.07, 6.45) is 10.8. The molecule has 0 aromatic heterocycles. The Balaban J connectivity index is 0.00000180. The summed E-state index contributed by atoms with van der Waals surface area (Å²) in [5, 5.41) is 5.37. The zero-order valence-electron chi connectivity index (χ0n) is 28.9. The van der Waals surface area contributed by atoms with Crippen LogP contribution in [0.3, 0.4) is 0 Å². The molecule has 0 heterocycles.